The topological polar surface area (TPSA) is 78.4 Å². The van der Waals surface area contributed by atoms with E-state index in [0.717, 1.165) is 42.9 Å². The molecular weight excluding hydrogens is 410 g/mol. The number of benzene rings is 1. The summed E-state index contributed by atoms with van der Waals surface area (Å²) in [5, 5.41) is 13.7. The molecular formula is C20H24ClN5O2S. The summed E-state index contributed by atoms with van der Waals surface area (Å²) in [6.07, 6.45) is 4.30. The molecule has 0 bridgehead atoms. The highest BCUT2D eigenvalue weighted by atomic mass is 35.5. The fourth-order valence-corrected chi connectivity index (χ4v) is 4.94. The molecule has 1 atom stereocenters. The molecule has 7 nitrogen and oxygen atoms in total. The molecule has 29 heavy (non-hydrogen) atoms. The fourth-order valence-electron chi connectivity index (χ4n) is 3.80. The predicted molar refractivity (Wildman–Crippen MR) is 114 cm³/mol. The Morgan fingerprint density at radius 1 is 1.21 bits per heavy atom. The monoisotopic (exact) mass is 433 g/mol. The maximum atomic E-state index is 12.7. The largest absolute Gasteiger partial charge is 0.352 e. The molecule has 2 aromatic rings. The first-order valence-corrected chi connectivity index (χ1v) is 11.2. The van der Waals surface area contributed by atoms with Crippen molar-refractivity contribution in [3.05, 3.63) is 34.9 Å². The standard InChI is InChI=1S/C20H24ClN5O2S/c21-16-7-3-5-14(11-16)12-22-18(28)15-6-4-9-25(13-15)19-23-24-20(29-19)26-10-2-1-8-17(26)27/h3,5,7,11,15H,1-2,4,6,8-10,12-13H2,(H,22,28)/t15-/m0/s1. The van der Waals surface area contributed by atoms with Gasteiger partial charge in [0.15, 0.2) is 0 Å². The van der Waals surface area contributed by atoms with E-state index in [2.05, 4.69) is 20.4 Å². The van der Waals surface area contributed by atoms with E-state index in [1.807, 2.05) is 24.3 Å². The van der Waals surface area contributed by atoms with Crippen molar-refractivity contribution in [1.82, 2.24) is 15.5 Å². The van der Waals surface area contributed by atoms with Crippen LogP contribution < -0.4 is 15.1 Å². The van der Waals surface area contributed by atoms with E-state index in [-0.39, 0.29) is 17.7 Å². The van der Waals surface area contributed by atoms with Crippen LogP contribution in [0.3, 0.4) is 0 Å². The van der Waals surface area contributed by atoms with Crippen molar-refractivity contribution in [2.24, 2.45) is 5.92 Å². The maximum Gasteiger partial charge on any atom is 0.228 e. The van der Waals surface area contributed by atoms with E-state index in [0.29, 0.717) is 36.2 Å². The average Bonchev–Trinajstić information content (AvgIpc) is 3.22. The molecule has 4 rings (SSSR count). The van der Waals surface area contributed by atoms with Crippen LogP contribution in [0.4, 0.5) is 10.3 Å². The normalized spacial score (nSPS) is 20.0. The number of rotatable bonds is 5. The van der Waals surface area contributed by atoms with Gasteiger partial charge in [0.1, 0.15) is 0 Å². The SMILES string of the molecule is O=C(NCc1cccc(Cl)c1)[C@H]1CCCN(c2nnc(N3CCCCC3=O)s2)C1. The van der Waals surface area contributed by atoms with Crippen molar-refractivity contribution in [2.75, 3.05) is 29.4 Å². The van der Waals surface area contributed by atoms with Crippen LogP contribution in [-0.2, 0) is 16.1 Å². The number of nitrogens with one attached hydrogen (secondary N) is 1. The number of carbonyl (C=O) groups is 2. The van der Waals surface area contributed by atoms with Crippen LogP contribution in [0.25, 0.3) is 0 Å². The van der Waals surface area contributed by atoms with Crippen molar-refractivity contribution in [3.63, 3.8) is 0 Å². The number of nitrogens with zero attached hydrogens (tertiary/aromatic N) is 4. The number of aromatic nitrogens is 2. The van der Waals surface area contributed by atoms with E-state index in [1.165, 1.54) is 11.3 Å². The lowest BCUT2D eigenvalue weighted by atomic mass is 9.97. The Kier molecular flexibility index (Phi) is 6.30. The Hall–Kier alpha value is -2.19. The average molecular weight is 434 g/mol. The minimum Gasteiger partial charge on any atom is -0.352 e. The van der Waals surface area contributed by atoms with E-state index in [1.54, 1.807) is 4.90 Å². The van der Waals surface area contributed by atoms with Crippen LogP contribution in [0.1, 0.15) is 37.7 Å². The lowest BCUT2D eigenvalue weighted by molar-refractivity contribution is -0.125. The minimum absolute atomic E-state index is 0.0469. The zero-order chi connectivity index (χ0) is 20.2. The quantitative estimate of drug-likeness (QED) is 0.783. The molecule has 2 aliphatic heterocycles. The highest BCUT2D eigenvalue weighted by Gasteiger charge is 2.29. The van der Waals surface area contributed by atoms with Gasteiger partial charge in [-0.25, -0.2) is 0 Å². The van der Waals surface area contributed by atoms with E-state index >= 15 is 0 Å². The Morgan fingerprint density at radius 3 is 2.90 bits per heavy atom. The van der Waals surface area contributed by atoms with Crippen LogP contribution >= 0.6 is 22.9 Å². The Balaban J connectivity index is 1.35. The van der Waals surface area contributed by atoms with Gasteiger partial charge in [0, 0.05) is 37.6 Å². The summed E-state index contributed by atoms with van der Waals surface area (Å²) in [7, 11) is 0. The van der Waals surface area contributed by atoms with Gasteiger partial charge in [0.2, 0.25) is 22.1 Å². The second kappa shape index (κ2) is 9.09. The molecule has 9 heteroatoms. The molecule has 2 fully saturated rings. The van der Waals surface area contributed by atoms with Gasteiger partial charge in [-0.05, 0) is 43.4 Å². The van der Waals surface area contributed by atoms with Crippen LogP contribution in [0.15, 0.2) is 24.3 Å². The van der Waals surface area contributed by atoms with E-state index in [4.69, 9.17) is 11.6 Å². The highest BCUT2D eigenvalue weighted by Crippen LogP contribution is 2.32. The van der Waals surface area contributed by atoms with Gasteiger partial charge in [0.25, 0.3) is 0 Å². The second-order valence-corrected chi connectivity index (χ2v) is 8.87. The molecule has 0 radical (unpaired) electrons. The van der Waals surface area contributed by atoms with Crippen LogP contribution in [0, 0.1) is 5.92 Å². The fraction of sp³-hybridized carbons (Fsp3) is 0.500. The summed E-state index contributed by atoms with van der Waals surface area (Å²) in [6, 6.07) is 7.51. The molecule has 0 aliphatic carbocycles. The van der Waals surface area contributed by atoms with Crippen molar-refractivity contribution in [3.8, 4) is 0 Å². The van der Waals surface area contributed by atoms with Gasteiger partial charge in [-0.2, -0.15) is 0 Å². The van der Waals surface area contributed by atoms with Crippen molar-refractivity contribution in [2.45, 2.75) is 38.6 Å². The third-order valence-electron chi connectivity index (χ3n) is 5.38. The molecule has 2 amide bonds. The molecule has 2 saturated heterocycles. The number of amides is 2. The molecule has 154 valence electrons. The van der Waals surface area contributed by atoms with Gasteiger partial charge in [-0.1, -0.05) is 35.1 Å². The van der Waals surface area contributed by atoms with Gasteiger partial charge in [-0.3, -0.25) is 14.5 Å². The zero-order valence-corrected chi connectivity index (χ0v) is 17.7. The van der Waals surface area contributed by atoms with Gasteiger partial charge < -0.3 is 10.2 Å². The lowest BCUT2D eigenvalue weighted by Crippen LogP contribution is -2.43. The Labute approximate surface area is 179 Å². The Morgan fingerprint density at radius 2 is 2.07 bits per heavy atom. The summed E-state index contributed by atoms with van der Waals surface area (Å²) < 4.78 is 0. The zero-order valence-electron chi connectivity index (χ0n) is 16.1. The van der Waals surface area contributed by atoms with Crippen molar-refractivity contribution in [1.29, 1.82) is 0 Å². The summed E-state index contributed by atoms with van der Waals surface area (Å²) >= 11 is 7.44. The number of piperidine rings is 2. The van der Waals surface area contributed by atoms with E-state index in [9.17, 15) is 9.59 Å². The summed E-state index contributed by atoms with van der Waals surface area (Å²) in [5.41, 5.74) is 0.985. The van der Waals surface area contributed by atoms with Crippen LogP contribution in [0.2, 0.25) is 5.02 Å². The summed E-state index contributed by atoms with van der Waals surface area (Å²) in [4.78, 5) is 28.6. The maximum absolute atomic E-state index is 12.7. The van der Waals surface area contributed by atoms with Crippen LogP contribution in [0.5, 0.6) is 0 Å². The molecule has 2 aliphatic rings. The van der Waals surface area contributed by atoms with Gasteiger partial charge in [-0.15, -0.1) is 10.2 Å². The van der Waals surface area contributed by atoms with Crippen molar-refractivity contribution >= 4 is 45.0 Å². The number of hydrogen-bond donors (Lipinski definition) is 1. The Bertz CT molecular complexity index is 889. The first-order valence-electron chi connectivity index (χ1n) is 10.0. The van der Waals surface area contributed by atoms with Crippen LogP contribution in [-0.4, -0.2) is 41.6 Å². The van der Waals surface area contributed by atoms with E-state index < -0.39 is 0 Å². The number of anilines is 2. The third-order valence-corrected chi connectivity index (χ3v) is 6.62. The molecule has 1 N–H and O–H groups in total. The molecule has 0 unspecified atom stereocenters. The first-order chi connectivity index (χ1) is 14.1. The number of hydrogen-bond acceptors (Lipinski definition) is 6. The molecule has 1 aromatic heterocycles. The molecule has 0 spiro atoms. The summed E-state index contributed by atoms with van der Waals surface area (Å²) in [6.45, 7) is 2.64. The molecule has 1 aromatic carbocycles. The number of halogens is 1. The predicted octanol–water partition coefficient (Wildman–Crippen LogP) is 3.24. The molecule has 0 saturated carbocycles. The summed E-state index contributed by atoms with van der Waals surface area (Å²) in [5.74, 6) is 0.0772. The van der Waals surface area contributed by atoms with Crippen molar-refractivity contribution < 1.29 is 9.59 Å². The highest BCUT2D eigenvalue weighted by molar-refractivity contribution is 7.19. The first kappa shape index (κ1) is 20.1. The third kappa shape index (κ3) is 4.87. The number of carbonyl (C=O) groups excluding carboxylic acids is 2. The smallest absolute Gasteiger partial charge is 0.228 e. The second-order valence-electron chi connectivity index (χ2n) is 7.50. The molecule has 3 heterocycles. The minimum atomic E-state index is -0.0908. The van der Waals surface area contributed by atoms with Gasteiger partial charge >= 0.3 is 0 Å². The van der Waals surface area contributed by atoms with Gasteiger partial charge in [0.05, 0.1) is 5.92 Å². The lowest BCUT2D eigenvalue weighted by Gasteiger charge is -2.31.